The van der Waals surface area contributed by atoms with Crippen molar-refractivity contribution in [2.24, 2.45) is 0 Å². The number of methoxy groups -OCH3 is 1. The Bertz CT molecular complexity index is 1380. The van der Waals surface area contributed by atoms with Crippen molar-refractivity contribution in [3.05, 3.63) is 71.2 Å². The summed E-state index contributed by atoms with van der Waals surface area (Å²) in [6.07, 6.45) is 4.75. The number of hydrogen-bond acceptors (Lipinski definition) is 9. The van der Waals surface area contributed by atoms with Crippen LogP contribution in [0, 0.1) is 10.1 Å². The summed E-state index contributed by atoms with van der Waals surface area (Å²) < 4.78 is 12.5. The SMILES string of the molecule is COc1ncccc1-c1cnn2ccc(N3CCN(C(=O)Oc4ccc([N+](=O)[O-])cc4)CC3)nc12. The van der Waals surface area contributed by atoms with Gasteiger partial charge in [-0.3, -0.25) is 10.1 Å². The number of aromatic nitrogens is 4. The molecule has 1 fully saturated rings. The number of fused-ring (bicyclic) bond motifs is 1. The maximum atomic E-state index is 12.5. The molecule has 0 saturated carbocycles. The Morgan fingerprint density at radius 1 is 1.06 bits per heavy atom. The third-order valence-electron chi connectivity index (χ3n) is 5.72. The van der Waals surface area contributed by atoms with Crippen LogP contribution in [0.25, 0.3) is 16.8 Å². The van der Waals surface area contributed by atoms with Crippen LogP contribution in [0.3, 0.4) is 0 Å². The first-order valence-electron chi connectivity index (χ1n) is 10.8. The minimum Gasteiger partial charge on any atom is -0.481 e. The minimum atomic E-state index is -0.504. The summed E-state index contributed by atoms with van der Waals surface area (Å²) in [6, 6.07) is 11.0. The number of anilines is 1. The first-order chi connectivity index (χ1) is 17.0. The second kappa shape index (κ2) is 9.25. The molecule has 0 spiro atoms. The van der Waals surface area contributed by atoms with Gasteiger partial charge in [-0.1, -0.05) is 0 Å². The van der Waals surface area contributed by atoms with E-state index in [0.717, 1.165) is 16.9 Å². The Morgan fingerprint density at radius 3 is 2.54 bits per heavy atom. The number of pyridine rings is 1. The molecule has 0 unspecified atom stereocenters. The lowest BCUT2D eigenvalue weighted by Gasteiger charge is -2.34. The Labute approximate surface area is 199 Å². The van der Waals surface area contributed by atoms with E-state index in [4.69, 9.17) is 14.5 Å². The van der Waals surface area contributed by atoms with Crippen molar-refractivity contribution < 1.29 is 19.2 Å². The van der Waals surface area contributed by atoms with Crippen LogP contribution in [-0.2, 0) is 0 Å². The quantitative estimate of drug-likeness (QED) is 0.316. The molecule has 178 valence electrons. The van der Waals surface area contributed by atoms with Crippen molar-refractivity contribution in [1.29, 1.82) is 0 Å². The van der Waals surface area contributed by atoms with E-state index in [2.05, 4.69) is 15.0 Å². The van der Waals surface area contributed by atoms with E-state index in [-0.39, 0.29) is 11.4 Å². The van der Waals surface area contributed by atoms with E-state index >= 15 is 0 Å². The summed E-state index contributed by atoms with van der Waals surface area (Å²) in [6.45, 7) is 2.03. The lowest BCUT2D eigenvalue weighted by Crippen LogP contribution is -2.49. The van der Waals surface area contributed by atoms with Crippen LogP contribution in [0.15, 0.2) is 61.1 Å². The smallest absolute Gasteiger partial charge is 0.415 e. The molecule has 3 aromatic heterocycles. The van der Waals surface area contributed by atoms with Gasteiger partial charge in [-0.05, 0) is 30.3 Å². The standard InChI is InChI=1S/C23H21N7O5/c1-34-22-18(3-2-9-24-22)19-15-25-29-10-8-20(26-21(19)29)27-11-13-28(14-12-27)23(31)35-17-6-4-16(5-7-17)30(32)33/h2-10,15H,11-14H2,1H3. The molecule has 1 aliphatic rings. The fourth-order valence-corrected chi connectivity index (χ4v) is 3.90. The predicted molar refractivity (Wildman–Crippen MR) is 126 cm³/mol. The number of piperazine rings is 1. The van der Waals surface area contributed by atoms with Crippen molar-refractivity contribution in [2.75, 3.05) is 38.2 Å². The second-order valence-corrected chi connectivity index (χ2v) is 7.77. The molecular weight excluding hydrogens is 454 g/mol. The van der Waals surface area contributed by atoms with Gasteiger partial charge in [0.25, 0.3) is 5.69 Å². The maximum absolute atomic E-state index is 12.5. The zero-order chi connectivity index (χ0) is 24.4. The number of nitro groups is 1. The number of nitrogens with zero attached hydrogens (tertiary/aromatic N) is 7. The number of carbonyl (C=O) groups excluding carboxylic acids is 1. The molecule has 35 heavy (non-hydrogen) atoms. The van der Waals surface area contributed by atoms with Gasteiger partial charge in [0, 0.05) is 56.3 Å². The highest BCUT2D eigenvalue weighted by atomic mass is 16.6. The van der Waals surface area contributed by atoms with Gasteiger partial charge in [-0.2, -0.15) is 5.10 Å². The molecule has 0 radical (unpaired) electrons. The molecular formula is C23H21N7O5. The molecule has 4 heterocycles. The fraction of sp³-hybridized carbons (Fsp3) is 0.217. The molecule has 0 N–H and O–H groups in total. The molecule has 1 amide bonds. The van der Waals surface area contributed by atoms with Crippen LogP contribution < -0.4 is 14.4 Å². The molecule has 12 nitrogen and oxygen atoms in total. The van der Waals surface area contributed by atoms with E-state index in [1.807, 2.05) is 24.4 Å². The van der Waals surface area contributed by atoms with Gasteiger partial charge in [-0.25, -0.2) is 19.3 Å². The van der Waals surface area contributed by atoms with Gasteiger partial charge in [0.15, 0.2) is 5.65 Å². The number of amides is 1. The topological polar surface area (TPSA) is 128 Å². The molecule has 1 aromatic carbocycles. The molecule has 0 aliphatic carbocycles. The van der Waals surface area contributed by atoms with Crippen LogP contribution in [0.5, 0.6) is 11.6 Å². The highest BCUT2D eigenvalue weighted by Gasteiger charge is 2.24. The van der Waals surface area contributed by atoms with Crippen molar-refractivity contribution in [2.45, 2.75) is 0 Å². The van der Waals surface area contributed by atoms with Crippen molar-refractivity contribution in [3.8, 4) is 22.8 Å². The number of nitro benzene ring substituents is 1. The van der Waals surface area contributed by atoms with E-state index in [1.165, 1.54) is 24.3 Å². The summed E-state index contributed by atoms with van der Waals surface area (Å²) >= 11 is 0. The first-order valence-corrected chi connectivity index (χ1v) is 10.8. The molecule has 5 rings (SSSR count). The molecule has 0 atom stereocenters. The number of non-ortho nitro benzene ring substituents is 1. The summed E-state index contributed by atoms with van der Waals surface area (Å²) in [4.78, 5) is 35.6. The Morgan fingerprint density at radius 2 is 1.83 bits per heavy atom. The highest BCUT2D eigenvalue weighted by molar-refractivity contribution is 5.80. The largest absolute Gasteiger partial charge is 0.481 e. The van der Waals surface area contributed by atoms with E-state index in [0.29, 0.717) is 37.7 Å². The number of benzene rings is 1. The first kappa shape index (κ1) is 22.1. The third kappa shape index (κ3) is 4.40. The van der Waals surface area contributed by atoms with Gasteiger partial charge >= 0.3 is 6.09 Å². The third-order valence-corrected chi connectivity index (χ3v) is 5.72. The lowest BCUT2D eigenvalue weighted by molar-refractivity contribution is -0.384. The fourth-order valence-electron chi connectivity index (χ4n) is 3.90. The molecule has 1 saturated heterocycles. The molecule has 0 bridgehead atoms. The van der Waals surface area contributed by atoms with Gasteiger partial charge in [0.2, 0.25) is 5.88 Å². The Kier molecular flexibility index (Phi) is 5.83. The number of rotatable bonds is 5. The van der Waals surface area contributed by atoms with Gasteiger partial charge in [0.05, 0.1) is 23.8 Å². The van der Waals surface area contributed by atoms with Gasteiger partial charge in [0.1, 0.15) is 11.6 Å². The Hall–Kier alpha value is -4.74. The van der Waals surface area contributed by atoms with E-state index in [1.54, 1.807) is 28.9 Å². The van der Waals surface area contributed by atoms with Gasteiger partial charge in [-0.15, -0.1) is 0 Å². The zero-order valence-electron chi connectivity index (χ0n) is 18.8. The van der Waals surface area contributed by atoms with Crippen molar-refractivity contribution in [1.82, 2.24) is 24.5 Å². The van der Waals surface area contributed by atoms with Crippen LogP contribution in [0.1, 0.15) is 0 Å². The van der Waals surface area contributed by atoms with Crippen LogP contribution in [0.2, 0.25) is 0 Å². The monoisotopic (exact) mass is 475 g/mol. The summed E-state index contributed by atoms with van der Waals surface area (Å²) in [7, 11) is 1.57. The number of ether oxygens (including phenoxy) is 2. The summed E-state index contributed by atoms with van der Waals surface area (Å²) in [5.41, 5.74) is 2.22. The van der Waals surface area contributed by atoms with Crippen molar-refractivity contribution in [3.63, 3.8) is 0 Å². The van der Waals surface area contributed by atoms with Gasteiger partial charge < -0.3 is 19.3 Å². The summed E-state index contributed by atoms with van der Waals surface area (Å²) in [5.74, 6) is 1.52. The maximum Gasteiger partial charge on any atom is 0.415 e. The molecule has 4 aromatic rings. The average Bonchev–Trinajstić information content (AvgIpc) is 3.32. The van der Waals surface area contributed by atoms with E-state index < -0.39 is 11.0 Å². The van der Waals surface area contributed by atoms with Crippen LogP contribution in [0.4, 0.5) is 16.3 Å². The van der Waals surface area contributed by atoms with Crippen LogP contribution >= 0.6 is 0 Å². The average molecular weight is 475 g/mol. The Balaban J connectivity index is 1.27. The molecule has 12 heteroatoms. The van der Waals surface area contributed by atoms with Crippen LogP contribution in [-0.4, -0.2) is 68.8 Å². The number of carbonyl (C=O) groups is 1. The normalized spacial score (nSPS) is 13.6. The minimum absolute atomic E-state index is 0.0637. The number of hydrogen-bond donors (Lipinski definition) is 0. The lowest BCUT2D eigenvalue weighted by atomic mass is 10.1. The highest BCUT2D eigenvalue weighted by Crippen LogP contribution is 2.31. The molecule has 1 aliphatic heterocycles. The summed E-state index contributed by atoms with van der Waals surface area (Å²) in [5, 5.41) is 15.2. The van der Waals surface area contributed by atoms with Crippen molar-refractivity contribution >= 4 is 23.2 Å². The second-order valence-electron chi connectivity index (χ2n) is 7.77. The predicted octanol–water partition coefficient (Wildman–Crippen LogP) is 3.03. The van der Waals surface area contributed by atoms with E-state index in [9.17, 15) is 14.9 Å². The zero-order valence-corrected chi connectivity index (χ0v) is 18.8.